The molecular formula is C18H13NO3. The first kappa shape index (κ1) is 12.8. The lowest BCUT2D eigenvalue weighted by atomic mass is 9.98. The number of rotatable bonds is 1. The molecule has 4 aromatic rings. The van der Waals surface area contributed by atoms with Crippen molar-refractivity contribution in [2.24, 2.45) is 0 Å². The summed E-state index contributed by atoms with van der Waals surface area (Å²) in [6.07, 6.45) is 0. The third-order valence-electron chi connectivity index (χ3n) is 4.08. The van der Waals surface area contributed by atoms with E-state index in [1.807, 2.05) is 13.0 Å². The summed E-state index contributed by atoms with van der Waals surface area (Å²) in [4.78, 5) is 10.5. The van der Waals surface area contributed by atoms with Gasteiger partial charge in [-0.3, -0.25) is 10.1 Å². The van der Waals surface area contributed by atoms with Crippen LogP contribution in [0.4, 0.5) is 5.88 Å². The molecule has 0 bridgehead atoms. The summed E-state index contributed by atoms with van der Waals surface area (Å²) < 4.78 is 5.41. The van der Waals surface area contributed by atoms with Crippen LogP contribution in [0.3, 0.4) is 0 Å². The zero-order valence-corrected chi connectivity index (χ0v) is 12.2. The monoisotopic (exact) mass is 291 g/mol. The van der Waals surface area contributed by atoms with Gasteiger partial charge >= 0.3 is 5.88 Å². The average molecular weight is 291 g/mol. The minimum atomic E-state index is -0.490. The molecule has 0 spiro atoms. The van der Waals surface area contributed by atoms with Gasteiger partial charge in [-0.05, 0) is 59.2 Å². The Hall–Kier alpha value is -2.88. The fourth-order valence-electron chi connectivity index (χ4n) is 3.05. The second-order valence-electron chi connectivity index (χ2n) is 5.70. The SMILES string of the molecule is Cc1ccc2cc3cc(C)c4oc([N+](=O)[O-])cc4c3cc2c1. The van der Waals surface area contributed by atoms with Crippen molar-refractivity contribution in [3.8, 4) is 0 Å². The van der Waals surface area contributed by atoms with Crippen molar-refractivity contribution in [1.29, 1.82) is 0 Å². The lowest BCUT2D eigenvalue weighted by Gasteiger charge is -2.06. The summed E-state index contributed by atoms with van der Waals surface area (Å²) in [5, 5.41) is 16.1. The molecular weight excluding hydrogens is 278 g/mol. The van der Waals surface area contributed by atoms with Gasteiger partial charge in [0.2, 0.25) is 0 Å². The van der Waals surface area contributed by atoms with E-state index in [-0.39, 0.29) is 5.88 Å². The zero-order valence-electron chi connectivity index (χ0n) is 12.2. The number of hydrogen-bond donors (Lipinski definition) is 0. The maximum absolute atomic E-state index is 11.0. The summed E-state index contributed by atoms with van der Waals surface area (Å²) >= 11 is 0. The Kier molecular flexibility index (Phi) is 2.51. The molecule has 0 fully saturated rings. The van der Waals surface area contributed by atoms with Gasteiger partial charge < -0.3 is 4.42 Å². The molecule has 4 rings (SSSR count). The maximum atomic E-state index is 11.0. The van der Waals surface area contributed by atoms with Crippen molar-refractivity contribution in [2.75, 3.05) is 0 Å². The van der Waals surface area contributed by atoms with Crippen LogP contribution in [0.5, 0.6) is 0 Å². The second kappa shape index (κ2) is 4.31. The number of furan rings is 1. The molecule has 3 aromatic carbocycles. The molecule has 108 valence electrons. The molecule has 0 N–H and O–H groups in total. The van der Waals surface area contributed by atoms with Crippen molar-refractivity contribution in [2.45, 2.75) is 13.8 Å². The van der Waals surface area contributed by atoms with Crippen LogP contribution in [-0.4, -0.2) is 4.92 Å². The molecule has 0 aliphatic rings. The molecule has 4 nitrogen and oxygen atoms in total. The summed E-state index contributed by atoms with van der Waals surface area (Å²) in [5.41, 5.74) is 2.68. The Balaban J connectivity index is 2.19. The minimum Gasteiger partial charge on any atom is -0.400 e. The fourth-order valence-corrected chi connectivity index (χ4v) is 3.05. The van der Waals surface area contributed by atoms with Crippen LogP contribution >= 0.6 is 0 Å². The fraction of sp³-hybridized carbons (Fsp3) is 0.111. The molecule has 0 saturated carbocycles. The molecule has 4 heteroatoms. The average Bonchev–Trinajstić information content (AvgIpc) is 2.92. The minimum absolute atomic E-state index is 0.213. The standard InChI is InChI=1S/C18H13NO3/c1-10-3-4-12-7-14-6-11(2)18-16(9-17(22-18)19(20)21)15(14)8-13(12)5-10/h3-9H,1-2H3. The summed E-state index contributed by atoms with van der Waals surface area (Å²) in [6, 6.07) is 14.0. The maximum Gasteiger partial charge on any atom is 0.434 e. The summed E-state index contributed by atoms with van der Waals surface area (Å²) in [6.45, 7) is 3.96. The lowest BCUT2D eigenvalue weighted by Crippen LogP contribution is -1.82. The molecule has 0 unspecified atom stereocenters. The summed E-state index contributed by atoms with van der Waals surface area (Å²) in [7, 11) is 0. The number of hydrogen-bond acceptors (Lipinski definition) is 3. The highest BCUT2D eigenvalue weighted by molar-refractivity contribution is 6.12. The molecule has 0 atom stereocenters. The number of aryl methyl sites for hydroxylation is 2. The largest absolute Gasteiger partial charge is 0.434 e. The second-order valence-corrected chi connectivity index (χ2v) is 5.70. The highest BCUT2D eigenvalue weighted by atomic mass is 16.6. The van der Waals surface area contributed by atoms with Crippen LogP contribution in [0, 0.1) is 24.0 Å². The van der Waals surface area contributed by atoms with E-state index in [0.29, 0.717) is 5.58 Å². The van der Waals surface area contributed by atoms with Crippen LogP contribution in [0.25, 0.3) is 32.5 Å². The van der Waals surface area contributed by atoms with Gasteiger partial charge in [0, 0.05) is 5.39 Å². The predicted molar refractivity (Wildman–Crippen MR) is 87.4 cm³/mol. The number of nitro groups is 1. The van der Waals surface area contributed by atoms with Crippen molar-refractivity contribution in [3.05, 3.63) is 63.7 Å². The van der Waals surface area contributed by atoms with E-state index in [0.717, 1.165) is 32.5 Å². The normalized spacial score (nSPS) is 11.5. The van der Waals surface area contributed by atoms with Gasteiger partial charge in [-0.15, -0.1) is 0 Å². The first-order valence-corrected chi connectivity index (χ1v) is 7.04. The molecule has 0 aliphatic carbocycles. The third-order valence-corrected chi connectivity index (χ3v) is 4.08. The van der Waals surface area contributed by atoms with E-state index >= 15 is 0 Å². The predicted octanol–water partition coefficient (Wildman–Crippen LogP) is 5.26. The van der Waals surface area contributed by atoms with E-state index in [9.17, 15) is 10.1 Å². The third kappa shape index (κ3) is 1.77. The van der Waals surface area contributed by atoms with Gasteiger partial charge in [-0.1, -0.05) is 23.8 Å². The lowest BCUT2D eigenvalue weighted by molar-refractivity contribution is -0.401. The Bertz CT molecular complexity index is 1080. The van der Waals surface area contributed by atoms with Gasteiger partial charge in [0.1, 0.15) is 10.5 Å². The molecule has 0 aliphatic heterocycles. The first-order chi connectivity index (χ1) is 10.5. The van der Waals surface area contributed by atoms with Crippen LogP contribution < -0.4 is 0 Å². The highest BCUT2D eigenvalue weighted by Gasteiger charge is 2.17. The number of benzene rings is 3. The van der Waals surface area contributed by atoms with Gasteiger partial charge in [-0.2, -0.15) is 0 Å². The number of nitrogens with zero attached hydrogens (tertiary/aromatic N) is 1. The Morgan fingerprint density at radius 1 is 0.909 bits per heavy atom. The van der Waals surface area contributed by atoms with Crippen LogP contribution in [0.15, 0.2) is 46.9 Å². The van der Waals surface area contributed by atoms with E-state index in [2.05, 4.69) is 37.3 Å². The van der Waals surface area contributed by atoms with Crippen LogP contribution in [0.2, 0.25) is 0 Å². The molecule has 0 amide bonds. The molecule has 22 heavy (non-hydrogen) atoms. The highest BCUT2D eigenvalue weighted by Crippen LogP contribution is 2.35. The van der Waals surface area contributed by atoms with Crippen molar-refractivity contribution in [1.82, 2.24) is 0 Å². The Labute approximate surface area is 126 Å². The topological polar surface area (TPSA) is 56.3 Å². The molecule has 0 radical (unpaired) electrons. The summed E-state index contributed by atoms with van der Waals surface area (Å²) in [5.74, 6) is -0.213. The Morgan fingerprint density at radius 3 is 2.50 bits per heavy atom. The quantitative estimate of drug-likeness (QED) is 0.273. The zero-order chi connectivity index (χ0) is 15.4. The molecule has 1 heterocycles. The molecule has 0 saturated heterocycles. The van der Waals surface area contributed by atoms with Gasteiger partial charge in [0.05, 0.1) is 6.07 Å². The van der Waals surface area contributed by atoms with E-state index in [1.54, 1.807) is 0 Å². The van der Waals surface area contributed by atoms with Crippen molar-refractivity contribution < 1.29 is 9.34 Å². The van der Waals surface area contributed by atoms with E-state index < -0.39 is 4.92 Å². The van der Waals surface area contributed by atoms with Gasteiger partial charge in [0.15, 0.2) is 0 Å². The van der Waals surface area contributed by atoms with E-state index in [4.69, 9.17) is 4.42 Å². The van der Waals surface area contributed by atoms with Gasteiger partial charge in [0.25, 0.3) is 0 Å². The van der Waals surface area contributed by atoms with Crippen LogP contribution in [0.1, 0.15) is 11.1 Å². The molecule has 1 aromatic heterocycles. The smallest absolute Gasteiger partial charge is 0.400 e. The van der Waals surface area contributed by atoms with Crippen LogP contribution in [-0.2, 0) is 0 Å². The number of fused-ring (bicyclic) bond motifs is 4. The van der Waals surface area contributed by atoms with Gasteiger partial charge in [-0.25, -0.2) is 0 Å². The van der Waals surface area contributed by atoms with Crippen molar-refractivity contribution >= 4 is 38.4 Å². The Morgan fingerprint density at radius 2 is 1.73 bits per heavy atom. The first-order valence-electron chi connectivity index (χ1n) is 7.04. The van der Waals surface area contributed by atoms with Crippen molar-refractivity contribution in [3.63, 3.8) is 0 Å². The van der Waals surface area contributed by atoms with E-state index in [1.165, 1.54) is 11.6 Å².